The molecule has 0 fully saturated rings. The van der Waals surface area contributed by atoms with Gasteiger partial charge in [0, 0.05) is 30.7 Å². The predicted octanol–water partition coefficient (Wildman–Crippen LogP) is 3.37. The van der Waals surface area contributed by atoms with Crippen molar-refractivity contribution in [3.63, 3.8) is 0 Å². The average Bonchev–Trinajstić information content (AvgIpc) is 2.81. The number of aromatic nitrogens is 2. The number of nitrogens with one attached hydrogen (secondary N) is 1. The summed E-state index contributed by atoms with van der Waals surface area (Å²) in [5, 5.41) is 8.73. The van der Waals surface area contributed by atoms with Crippen LogP contribution in [0.1, 0.15) is 52.7 Å². The van der Waals surface area contributed by atoms with E-state index < -0.39 is 0 Å². The molecule has 0 aliphatic heterocycles. The van der Waals surface area contributed by atoms with Gasteiger partial charge >= 0.3 is 0 Å². The minimum atomic E-state index is 0.604. The van der Waals surface area contributed by atoms with Crippen molar-refractivity contribution in [2.24, 2.45) is 0 Å². The lowest BCUT2D eigenvalue weighted by molar-refractivity contribution is 0.190. The summed E-state index contributed by atoms with van der Waals surface area (Å²) in [6.45, 7) is 11.9. The maximum atomic E-state index is 4.26. The van der Waals surface area contributed by atoms with Gasteiger partial charge in [0.25, 0.3) is 0 Å². The fourth-order valence-corrected chi connectivity index (χ4v) is 2.51. The van der Waals surface area contributed by atoms with Gasteiger partial charge in [0.2, 0.25) is 0 Å². The van der Waals surface area contributed by atoms with E-state index in [1.54, 1.807) is 0 Å². The summed E-state index contributed by atoms with van der Waals surface area (Å²) in [5.74, 6) is 0. The van der Waals surface area contributed by atoms with E-state index in [2.05, 4.69) is 47.5 Å². The molecule has 1 heterocycles. The first-order valence-corrected chi connectivity index (χ1v) is 7.79. The van der Waals surface area contributed by atoms with Crippen LogP contribution in [0.3, 0.4) is 0 Å². The van der Waals surface area contributed by atoms with Crippen LogP contribution in [0, 0.1) is 0 Å². The molecule has 0 amide bonds. The highest BCUT2D eigenvalue weighted by Gasteiger charge is 2.16. The zero-order valence-corrected chi connectivity index (χ0v) is 12.9. The van der Waals surface area contributed by atoms with Gasteiger partial charge in [-0.15, -0.1) is 5.10 Å². The molecule has 18 heavy (non-hydrogen) atoms. The summed E-state index contributed by atoms with van der Waals surface area (Å²) < 4.78 is 4.06. The lowest BCUT2D eigenvalue weighted by Gasteiger charge is -2.27. The summed E-state index contributed by atoms with van der Waals surface area (Å²) >= 11 is 1.46. The molecule has 1 unspecified atom stereocenters. The SMILES string of the molecule is CCCCN(Cc1nnsc1NCC)C(C)CC. The zero-order valence-electron chi connectivity index (χ0n) is 12.1. The zero-order chi connectivity index (χ0) is 13.4. The van der Waals surface area contributed by atoms with Crippen LogP contribution in [-0.2, 0) is 6.54 Å². The average molecular weight is 270 g/mol. The Labute approximate surface area is 115 Å². The highest BCUT2D eigenvalue weighted by atomic mass is 32.1. The third-order valence-corrected chi connectivity index (χ3v) is 3.98. The molecule has 0 aromatic carbocycles. The topological polar surface area (TPSA) is 41.1 Å². The van der Waals surface area contributed by atoms with Crippen LogP contribution in [0.5, 0.6) is 0 Å². The van der Waals surface area contributed by atoms with Gasteiger partial charge in [-0.25, -0.2) is 0 Å². The normalized spacial score (nSPS) is 12.9. The maximum Gasteiger partial charge on any atom is 0.134 e. The van der Waals surface area contributed by atoms with Crippen molar-refractivity contribution < 1.29 is 0 Å². The van der Waals surface area contributed by atoms with Gasteiger partial charge in [-0.3, -0.25) is 4.90 Å². The largest absolute Gasteiger partial charge is 0.374 e. The van der Waals surface area contributed by atoms with Gasteiger partial charge in [0.05, 0.1) is 0 Å². The predicted molar refractivity (Wildman–Crippen MR) is 79.1 cm³/mol. The molecule has 0 saturated carbocycles. The van der Waals surface area contributed by atoms with Gasteiger partial charge in [-0.2, -0.15) is 0 Å². The number of hydrogen-bond acceptors (Lipinski definition) is 5. The van der Waals surface area contributed by atoms with Crippen molar-refractivity contribution in [1.29, 1.82) is 0 Å². The van der Waals surface area contributed by atoms with Crippen molar-refractivity contribution in [3.05, 3.63) is 5.69 Å². The smallest absolute Gasteiger partial charge is 0.134 e. The number of unbranched alkanes of at least 4 members (excludes halogenated alkanes) is 1. The Kier molecular flexibility index (Phi) is 7.20. The Hall–Kier alpha value is -0.680. The number of nitrogens with zero attached hydrogens (tertiary/aromatic N) is 3. The van der Waals surface area contributed by atoms with E-state index in [1.807, 2.05) is 0 Å². The standard InChI is InChI=1S/C13H26N4S/c1-5-8-9-17(11(4)6-2)10-12-13(14-7-3)18-16-15-12/h11,14H,5-10H2,1-4H3. The van der Waals surface area contributed by atoms with E-state index in [4.69, 9.17) is 0 Å². The van der Waals surface area contributed by atoms with Gasteiger partial charge < -0.3 is 5.32 Å². The van der Waals surface area contributed by atoms with Crippen LogP contribution in [0.2, 0.25) is 0 Å². The van der Waals surface area contributed by atoms with Crippen molar-refractivity contribution in [1.82, 2.24) is 14.5 Å². The van der Waals surface area contributed by atoms with Crippen LogP contribution in [0.4, 0.5) is 5.00 Å². The minimum absolute atomic E-state index is 0.604. The molecule has 1 aromatic rings. The first-order chi connectivity index (χ1) is 8.72. The Morgan fingerprint density at radius 2 is 2.11 bits per heavy atom. The van der Waals surface area contributed by atoms with E-state index >= 15 is 0 Å². The van der Waals surface area contributed by atoms with Crippen LogP contribution >= 0.6 is 11.5 Å². The molecule has 5 heteroatoms. The van der Waals surface area contributed by atoms with Gasteiger partial charge in [-0.1, -0.05) is 24.8 Å². The quantitative estimate of drug-likeness (QED) is 0.747. The Morgan fingerprint density at radius 1 is 1.33 bits per heavy atom. The molecule has 0 aliphatic rings. The molecule has 0 saturated heterocycles. The second kappa shape index (κ2) is 8.43. The molecule has 4 nitrogen and oxygen atoms in total. The van der Waals surface area contributed by atoms with E-state index in [-0.39, 0.29) is 0 Å². The number of anilines is 1. The second-order valence-corrected chi connectivity index (χ2v) is 5.41. The molecule has 0 bridgehead atoms. The van der Waals surface area contributed by atoms with Gasteiger partial charge in [0.1, 0.15) is 10.7 Å². The number of rotatable bonds is 9. The summed E-state index contributed by atoms with van der Waals surface area (Å²) in [6, 6.07) is 0.604. The summed E-state index contributed by atoms with van der Waals surface area (Å²) in [4.78, 5) is 2.51. The fourth-order valence-electron chi connectivity index (χ4n) is 1.87. The highest BCUT2D eigenvalue weighted by Crippen LogP contribution is 2.20. The molecular formula is C13H26N4S. The molecule has 1 atom stereocenters. The van der Waals surface area contributed by atoms with E-state index in [0.29, 0.717) is 6.04 Å². The molecular weight excluding hydrogens is 244 g/mol. The molecule has 1 aromatic heterocycles. The van der Waals surface area contributed by atoms with Gasteiger partial charge in [-0.05, 0) is 33.2 Å². The molecule has 0 aliphatic carbocycles. The number of hydrogen-bond donors (Lipinski definition) is 1. The monoisotopic (exact) mass is 270 g/mol. The lowest BCUT2D eigenvalue weighted by Crippen LogP contribution is -2.33. The summed E-state index contributed by atoms with van der Waals surface area (Å²) in [7, 11) is 0. The molecule has 0 radical (unpaired) electrons. The second-order valence-electron chi connectivity index (χ2n) is 4.66. The third-order valence-electron chi connectivity index (χ3n) is 3.26. The van der Waals surface area contributed by atoms with Crippen molar-refractivity contribution >= 4 is 16.5 Å². The highest BCUT2D eigenvalue weighted by molar-refractivity contribution is 7.10. The summed E-state index contributed by atoms with van der Waals surface area (Å²) in [5.41, 5.74) is 1.10. The Morgan fingerprint density at radius 3 is 2.72 bits per heavy atom. The van der Waals surface area contributed by atoms with Crippen molar-refractivity contribution in [2.75, 3.05) is 18.4 Å². The molecule has 104 valence electrons. The first-order valence-electron chi connectivity index (χ1n) is 7.01. The van der Waals surface area contributed by atoms with Crippen LogP contribution in [0.15, 0.2) is 0 Å². The van der Waals surface area contributed by atoms with Gasteiger partial charge in [0.15, 0.2) is 0 Å². The molecule has 1 N–H and O–H groups in total. The van der Waals surface area contributed by atoms with Crippen molar-refractivity contribution in [3.8, 4) is 0 Å². The van der Waals surface area contributed by atoms with Crippen molar-refractivity contribution in [2.45, 2.75) is 59.5 Å². The lowest BCUT2D eigenvalue weighted by atomic mass is 10.2. The fraction of sp³-hybridized carbons (Fsp3) is 0.846. The summed E-state index contributed by atoms with van der Waals surface area (Å²) in [6.07, 6.45) is 3.67. The van der Waals surface area contributed by atoms with E-state index in [0.717, 1.165) is 30.3 Å². The van der Waals surface area contributed by atoms with Crippen LogP contribution < -0.4 is 5.32 Å². The minimum Gasteiger partial charge on any atom is -0.374 e. The van der Waals surface area contributed by atoms with E-state index in [9.17, 15) is 0 Å². The third kappa shape index (κ3) is 4.53. The van der Waals surface area contributed by atoms with Crippen LogP contribution in [-0.4, -0.2) is 33.6 Å². The maximum absolute atomic E-state index is 4.26. The Bertz CT molecular complexity index is 327. The Balaban J connectivity index is 2.65. The van der Waals surface area contributed by atoms with E-state index in [1.165, 1.54) is 30.8 Å². The van der Waals surface area contributed by atoms with Crippen LogP contribution in [0.25, 0.3) is 0 Å². The first kappa shape index (κ1) is 15.4. The molecule has 0 spiro atoms. The molecule has 1 rings (SSSR count).